The molecule has 0 aliphatic carbocycles. The number of amides is 1. The molecule has 2 fully saturated rings. The Kier molecular flexibility index (Phi) is 3.25. The number of methoxy groups -OCH3 is 1. The molecule has 0 radical (unpaired) electrons. The predicted molar refractivity (Wildman–Crippen MR) is 71.5 cm³/mol. The van der Waals surface area contributed by atoms with Gasteiger partial charge in [-0.15, -0.1) is 11.3 Å². The molecule has 0 unspecified atom stereocenters. The third-order valence-corrected chi connectivity index (χ3v) is 5.11. The van der Waals surface area contributed by atoms with Crippen LogP contribution in [0.25, 0.3) is 0 Å². The van der Waals surface area contributed by atoms with Crippen LogP contribution < -0.4 is 0 Å². The molecule has 2 saturated heterocycles. The lowest BCUT2D eigenvalue weighted by atomic mass is 9.81. The van der Waals surface area contributed by atoms with E-state index in [4.69, 9.17) is 9.47 Å². The SMILES string of the molecule is COC(=O)[C@@]12COC[C@@H]1CN(C(=O)c1scnc1C)C2. The van der Waals surface area contributed by atoms with Crippen molar-refractivity contribution in [2.45, 2.75) is 6.92 Å². The van der Waals surface area contributed by atoms with Crippen LogP contribution in [0.4, 0.5) is 0 Å². The van der Waals surface area contributed by atoms with E-state index in [0.29, 0.717) is 31.2 Å². The van der Waals surface area contributed by atoms with Gasteiger partial charge in [0.15, 0.2) is 0 Å². The summed E-state index contributed by atoms with van der Waals surface area (Å²) in [4.78, 5) is 31.1. The van der Waals surface area contributed by atoms with Crippen molar-refractivity contribution in [1.29, 1.82) is 0 Å². The van der Waals surface area contributed by atoms with Crippen molar-refractivity contribution in [3.8, 4) is 0 Å². The van der Waals surface area contributed by atoms with Crippen molar-refractivity contribution in [3.05, 3.63) is 16.1 Å². The number of carbonyl (C=O) groups excluding carboxylic acids is 2. The molecule has 6 nitrogen and oxygen atoms in total. The Morgan fingerprint density at radius 1 is 1.60 bits per heavy atom. The van der Waals surface area contributed by atoms with Crippen molar-refractivity contribution in [2.75, 3.05) is 33.4 Å². The summed E-state index contributed by atoms with van der Waals surface area (Å²) < 4.78 is 10.3. The van der Waals surface area contributed by atoms with E-state index >= 15 is 0 Å². The number of rotatable bonds is 2. The first kappa shape index (κ1) is 13.5. The first-order valence-electron chi connectivity index (χ1n) is 6.44. The van der Waals surface area contributed by atoms with Crippen LogP contribution in [0.3, 0.4) is 0 Å². The monoisotopic (exact) mass is 296 g/mol. The summed E-state index contributed by atoms with van der Waals surface area (Å²) in [6.07, 6.45) is 0. The molecule has 7 heteroatoms. The summed E-state index contributed by atoms with van der Waals surface area (Å²) in [7, 11) is 1.38. The lowest BCUT2D eigenvalue weighted by molar-refractivity contribution is -0.153. The van der Waals surface area contributed by atoms with E-state index in [1.165, 1.54) is 18.4 Å². The minimum atomic E-state index is -0.691. The highest BCUT2D eigenvalue weighted by atomic mass is 32.1. The van der Waals surface area contributed by atoms with Crippen molar-refractivity contribution in [3.63, 3.8) is 0 Å². The number of likely N-dealkylation sites (tertiary alicyclic amines) is 1. The minimum absolute atomic E-state index is 0.0205. The normalized spacial score (nSPS) is 28.5. The summed E-state index contributed by atoms with van der Waals surface area (Å²) in [5, 5.41) is 0. The Morgan fingerprint density at radius 2 is 2.40 bits per heavy atom. The third-order valence-electron chi connectivity index (χ3n) is 4.19. The lowest BCUT2D eigenvalue weighted by Gasteiger charge is -2.23. The summed E-state index contributed by atoms with van der Waals surface area (Å²) in [5.74, 6) is -0.314. The van der Waals surface area contributed by atoms with Gasteiger partial charge in [0, 0.05) is 19.0 Å². The molecular weight excluding hydrogens is 280 g/mol. The van der Waals surface area contributed by atoms with Gasteiger partial charge < -0.3 is 14.4 Å². The van der Waals surface area contributed by atoms with E-state index in [-0.39, 0.29) is 17.8 Å². The zero-order chi connectivity index (χ0) is 14.3. The zero-order valence-corrected chi connectivity index (χ0v) is 12.2. The molecule has 20 heavy (non-hydrogen) atoms. The van der Waals surface area contributed by atoms with Gasteiger partial charge in [-0.1, -0.05) is 0 Å². The number of hydrogen-bond acceptors (Lipinski definition) is 6. The summed E-state index contributed by atoms with van der Waals surface area (Å²) in [5.41, 5.74) is 1.71. The number of ether oxygens (including phenoxy) is 2. The highest BCUT2D eigenvalue weighted by molar-refractivity contribution is 7.11. The van der Waals surface area contributed by atoms with Gasteiger partial charge in [-0.2, -0.15) is 0 Å². The van der Waals surface area contributed by atoms with E-state index in [9.17, 15) is 9.59 Å². The molecule has 1 amide bonds. The Morgan fingerprint density at radius 3 is 3.05 bits per heavy atom. The van der Waals surface area contributed by atoms with Crippen LogP contribution in [-0.4, -0.2) is 55.2 Å². The number of esters is 1. The van der Waals surface area contributed by atoms with Gasteiger partial charge in [-0.3, -0.25) is 9.59 Å². The Bertz CT molecular complexity index is 558. The van der Waals surface area contributed by atoms with Gasteiger partial charge in [0.2, 0.25) is 0 Å². The van der Waals surface area contributed by atoms with Crippen LogP contribution >= 0.6 is 11.3 Å². The van der Waals surface area contributed by atoms with Gasteiger partial charge in [-0.25, -0.2) is 4.98 Å². The standard InChI is InChI=1S/C13H16N2O4S/c1-8-10(20-7-14-8)11(16)15-3-9-4-19-6-13(9,5-15)12(17)18-2/h7,9H,3-6H2,1-2H3/t9-,13-/m0/s1. The fourth-order valence-corrected chi connectivity index (χ4v) is 3.80. The maximum atomic E-state index is 12.5. The number of aromatic nitrogens is 1. The first-order valence-corrected chi connectivity index (χ1v) is 7.32. The summed E-state index contributed by atoms with van der Waals surface area (Å²) in [6.45, 7) is 3.54. The molecule has 3 rings (SSSR count). The van der Waals surface area contributed by atoms with Gasteiger partial charge in [0.25, 0.3) is 5.91 Å². The average molecular weight is 296 g/mol. The largest absolute Gasteiger partial charge is 0.468 e. The first-order chi connectivity index (χ1) is 9.58. The van der Waals surface area contributed by atoms with Crippen LogP contribution in [0, 0.1) is 18.3 Å². The van der Waals surface area contributed by atoms with Crippen LogP contribution in [0.15, 0.2) is 5.51 Å². The average Bonchev–Trinajstić information content (AvgIpc) is 3.10. The number of fused-ring (bicyclic) bond motifs is 1. The second-order valence-electron chi connectivity index (χ2n) is 5.31. The Hall–Kier alpha value is -1.47. The van der Waals surface area contributed by atoms with Crippen molar-refractivity contribution in [2.24, 2.45) is 11.3 Å². The molecule has 2 atom stereocenters. The van der Waals surface area contributed by atoms with Gasteiger partial charge in [0.1, 0.15) is 10.3 Å². The highest BCUT2D eigenvalue weighted by Gasteiger charge is 2.57. The third kappa shape index (κ3) is 1.84. The smallest absolute Gasteiger partial charge is 0.316 e. The quantitative estimate of drug-likeness (QED) is 0.752. The maximum Gasteiger partial charge on any atom is 0.316 e. The number of nitrogens with zero attached hydrogens (tertiary/aromatic N) is 2. The molecule has 0 N–H and O–H groups in total. The van der Waals surface area contributed by atoms with Crippen LogP contribution in [-0.2, 0) is 14.3 Å². The molecule has 3 heterocycles. The molecule has 0 aromatic carbocycles. The zero-order valence-electron chi connectivity index (χ0n) is 11.4. The number of aryl methyl sites for hydroxylation is 1. The molecule has 0 bridgehead atoms. The second-order valence-corrected chi connectivity index (χ2v) is 6.17. The van der Waals surface area contributed by atoms with E-state index in [0.717, 1.165) is 5.69 Å². The fourth-order valence-electron chi connectivity index (χ4n) is 3.03. The highest BCUT2D eigenvalue weighted by Crippen LogP contribution is 2.42. The topological polar surface area (TPSA) is 68.7 Å². The van der Waals surface area contributed by atoms with E-state index in [1.54, 1.807) is 10.4 Å². The summed E-state index contributed by atoms with van der Waals surface area (Å²) >= 11 is 1.34. The van der Waals surface area contributed by atoms with E-state index in [1.807, 2.05) is 6.92 Å². The molecule has 2 aliphatic rings. The Balaban J connectivity index is 1.84. The number of thiazole rings is 1. The summed E-state index contributed by atoms with van der Waals surface area (Å²) in [6, 6.07) is 0. The second kappa shape index (κ2) is 4.82. The lowest BCUT2D eigenvalue weighted by Crippen LogP contribution is -2.41. The molecule has 0 spiro atoms. The molecule has 1 aromatic heterocycles. The predicted octanol–water partition coefficient (Wildman–Crippen LogP) is 0.713. The minimum Gasteiger partial charge on any atom is -0.468 e. The van der Waals surface area contributed by atoms with Crippen molar-refractivity contribution < 1.29 is 19.1 Å². The van der Waals surface area contributed by atoms with Gasteiger partial charge in [0.05, 0.1) is 31.5 Å². The van der Waals surface area contributed by atoms with Crippen molar-refractivity contribution in [1.82, 2.24) is 9.88 Å². The molecular formula is C13H16N2O4S. The number of hydrogen-bond donors (Lipinski definition) is 0. The Labute approximate surface area is 120 Å². The molecule has 108 valence electrons. The van der Waals surface area contributed by atoms with Crippen LogP contribution in [0.2, 0.25) is 0 Å². The van der Waals surface area contributed by atoms with Crippen LogP contribution in [0.1, 0.15) is 15.4 Å². The fraction of sp³-hybridized carbons (Fsp3) is 0.615. The molecule has 2 aliphatic heterocycles. The van der Waals surface area contributed by atoms with E-state index < -0.39 is 5.41 Å². The van der Waals surface area contributed by atoms with Crippen LogP contribution in [0.5, 0.6) is 0 Å². The molecule has 1 aromatic rings. The molecule has 0 saturated carbocycles. The van der Waals surface area contributed by atoms with E-state index in [2.05, 4.69) is 4.98 Å². The number of carbonyl (C=O) groups is 2. The van der Waals surface area contributed by atoms with Crippen molar-refractivity contribution >= 4 is 23.2 Å². The maximum absolute atomic E-state index is 12.5. The van der Waals surface area contributed by atoms with Gasteiger partial charge >= 0.3 is 5.97 Å². The van der Waals surface area contributed by atoms with Gasteiger partial charge in [-0.05, 0) is 6.92 Å².